The largest absolute Gasteiger partial charge is 0.481 e. The van der Waals surface area contributed by atoms with Gasteiger partial charge in [0.1, 0.15) is 0 Å². The van der Waals surface area contributed by atoms with Gasteiger partial charge in [-0.25, -0.2) is 0 Å². The van der Waals surface area contributed by atoms with Gasteiger partial charge in [-0.05, 0) is 30.5 Å². The van der Waals surface area contributed by atoms with Gasteiger partial charge in [-0.1, -0.05) is 31.9 Å². The minimum absolute atomic E-state index is 0.0919. The summed E-state index contributed by atoms with van der Waals surface area (Å²) < 4.78 is 0. The van der Waals surface area contributed by atoms with E-state index in [1.165, 1.54) is 11.8 Å². The summed E-state index contributed by atoms with van der Waals surface area (Å²) in [5.41, 5.74) is 1.57. The first-order chi connectivity index (χ1) is 9.99. The number of rotatable bonds is 6. The van der Waals surface area contributed by atoms with Gasteiger partial charge in [0.05, 0.1) is 5.75 Å². The Morgan fingerprint density at radius 3 is 2.71 bits per heavy atom. The second-order valence-corrected chi connectivity index (χ2v) is 6.79. The highest BCUT2D eigenvalue weighted by Gasteiger charge is 2.36. The normalized spacial score (nSPS) is 16.6. The predicted octanol–water partition coefficient (Wildman–Crippen LogP) is 3.52. The van der Waals surface area contributed by atoms with Crippen LogP contribution in [0.5, 0.6) is 0 Å². The summed E-state index contributed by atoms with van der Waals surface area (Å²) >= 11 is 1.35. The lowest BCUT2D eigenvalue weighted by Crippen LogP contribution is -2.30. The van der Waals surface area contributed by atoms with Gasteiger partial charge in [0.2, 0.25) is 5.91 Å². The highest BCUT2D eigenvalue weighted by atomic mass is 32.2. The molecule has 0 saturated heterocycles. The molecule has 0 aromatic heterocycles. The van der Waals surface area contributed by atoms with Crippen LogP contribution in [-0.4, -0.2) is 22.7 Å². The van der Waals surface area contributed by atoms with Gasteiger partial charge in [-0.15, -0.1) is 11.8 Å². The average molecular weight is 307 g/mol. The molecule has 1 aromatic rings. The Kier molecular flexibility index (Phi) is 5.28. The fourth-order valence-electron chi connectivity index (χ4n) is 2.66. The van der Waals surface area contributed by atoms with Crippen molar-refractivity contribution in [2.24, 2.45) is 5.41 Å². The predicted molar refractivity (Wildman–Crippen MR) is 85.4 cm³/mol. The van der Waals surface area contributed by atoms with Crippen molar-refractivity contribution in [2.75, 3.05) is 11.1 Å². The van der Waals surface area contributed by atoms with Crippen LogP contribution in [0, 0.1) is 5.41 Å². The van der Waals surface area contributed by atoms with Crippen molar-refractivity contribution in [1.29, 1.82) is 0 Å². The van der Waals surface area contributed by atoms with Crippen molar-refractivity contribution < 1.29 is 14.7 Å². The molecule has 2 N–H and O–H groups in total. The lowest BCUT2D eigenvalue weighted by atomic mass is 9.88. The molecule has 0 atom stereocenters. The van der Waals surface area contributed by atoms with E-state index in [0.29, 0.717) is 5.75 Å². The summed E-state index contributed by atoms with van der Waals surface area (Å²) in [5.74, 6) is 0.0102. The first kappa shape index (κ1) is 15.9. The number of hydrogen-bond acceptors (Lipinski definition) is 3. The van der Waals surface area contributed by atoms with Crippen molar-refractivity contribution >= 4 is 29.3 Å². The van der Waals surface area contributed by atoms with E-state index >= 15 is 0 Å². The number of nitrogens with one attached hydrogen (secondary N) is 1. The third-order valence-corrected chi connectivity index (χ3v) is 4.92. The van der Waals surface area contributed by atoms with Crippen molar-refractivity contribution in [2.45, 2.75) is 38.4 Å². The van der Waals surface area contributed by atoms with Gasteiger partial charge in [0.15, 0.2) is 0 Å². The van der Waals surface area contributed by atoms with Crippen molar-refractivity contribution in [1.82, 2.24) is 0 Å². The van der Waals surface area contributed by atoms with Crippen LogP contribution in [0.15, 0.2) is 24.3 Å². The van der Waals surface area contributed by atoms with E-state index in [9.17, 15) is 9.59 Å². The monoisotopic (exact) mass is 307 g/mol. The second-order valence-electron chi connectivity index (χ2n) is 5.81. The number of aliphatic carboxylic acids is 1. The van der Waals surface area contributed by atoms with Crippen LogP contribution in [0.2, 0.25) is 0 Å². The van der Waals surface area contributed by atoms with E-state index in [0.717, 1.165) is 36.9 Å². The molecular formula is C16H21NO3S. The van der Waals surface area contributed by atoms with Gasteiger partial charge in [0, 0.05) is 16.9 Å². The molecule has 2 rings (SSSR count). The van der Waals surface area contributed by atoms with Crippen LogP contribution in [0.3, 0.4) is 0 Å². The standard InChI is InChI=1S/C16H21NO3S/c1-16(7-2-3-8-16)15(20)17-13-6-4-5-12(9-13)10-21-11-14(18)19/h4-6,9H,2-3,7-8,10-11H2,1H3,(H,17,20)(H,18,19). The molecule has 0 aliphatic heterocycles. The number of carboxylic acid groups (broad SMARTS) is 1. The lowest BCUT2D eigenvalue weighted by molar-refractivity contribution is -0.134. The van der Waals surface area contributed by atoms with Crippen molar-refractivity contribution in [3.8, 4) is 0 Å². The number of hydrogen-bond donors (Lipinski definition) is 2. The molecule has 1 aliphatic carbocycles. The van der Waals surface area contributed by atoms with E-state index in [4.69, 9.17) is 5.11 Å². The SMILES string of the molecule is CC1(C(=O)Nc2cccc(CSCC(=O)O)c2)CCCC1. The van der Waals surface area contributed by atoms with E-state index in [1.807, 2.05) is 31.2 Å². The van der Waals surface area contributed by atoms with Crippen LogP contribution in [0.1, 0.15) is 38.2 Å². The Morgan fingerprint density at radius 1 is 1.33 bits per heavy atom. The zero-order valence-electron chi connectivity index (χ0n) is 12.2. The Hall–Kier alpha value is -1.49. The van der Waals surface area contributed by atoms with Gasteiger partial charge >= 0.3 is 5.97 Å². The molecule has 0 radical (unpaired) electrons. The molecular weight excluding hydrogens is 286 g/mol. The summed E-state index contributed by atoms with van der Waals surface area (Å²) in [6.07, 6.45) is 4.14. The average Bonchev–Trinajstić information content (AvgIpc) is 2.87. The third kappa shape index (κ3) is 4.49. The molecule has 1 fully saturated rings. The number of amides is 1. The van der Waals surface area contributed by atoms with E-state index in [-0.39, 0.29) is 17.1 Å². The summed E-state index contributed by atoms with van der Waals surface area (Å²) in [6.45, 7) is 2.03. The molecule has 1 aromatic carbocycles. The minimum Gasteiger partial charge on any atom is -0.481 e. The molecule has 0 heterocycles. The van der Waals surface area contributed by atoms with E-state index in [1.54, 1.807) is 0 Å². The molecule has 4 nitrogen and oxygen atoms in total. The van der Waals surface area contributed by atoms with E-state index < -0.39 is 5.97 Å². The first-order valence-corrected chi connectivity index (χ1v) is 8.35. The van der Waals surface area contributed by atoms with Gasteiger partial charge in [-0.3, -0.25) is 9.59 Å². The smallest absolute Gasteiger partial charge is 0.313 e. The summed E-state index contributed by atoms with van der Waals surface area (Å²) in [6, 6.07) is 7.64. The fourth-order valence-corrected chi connectivity index (χ4v) is 3.35. The number of benzene rings is 1. The molecule has 1 aliphatic rings. The van der Waals surface area contributed by atoms with E-state index in [2.05, 4.69) is 5.32 Å². The van der Waals surface area contributed by atoms with Crippen LogP contribution in [-0.2, 0) is 15.3 Å². The van der Waals surface area contributed by atoms with Crippen molar-refractivity contribution in [3.63, 3.8) is 0 Å². The topological polar surface area (TPSA) is 66.4 Å². The van der Waals surface area contributed by atoms with Crippen molar-refractivity contribution in [3.05, 3.63) is 29.8 Å². The van der Waals surface area contributed by atoms with Crippen LogP contribution in [0.4, 0.5) is 5.69 Å². The number of carboxylic acids is 1. The number of carbonyl (C=O) groups is 2. The molecule has 1 saturated carbocycles. The highest BCUT2D eigenvalue weighted by Crippen LogP contribution is 2.38. The Morgan fingerprint density at radius 2 is 2.05 bits per heavy atom. The lowest BCUT2D eigenvalue weighted by Gasteiger charge is -2.22. The minimum atomic E-state index is -0.807. The van der Waals surface area contributed by atoms with Gasteiger partial charge < -0.3 is 10.4 Å². The fraction of sp³-hybridized carbons (Fsp3) is 0.500. The Labute approximate surface area is 129 Å². The Bertz CT molecular complexity index is 524. The molecule has 0 bridgehead atoms. The molecule has 21 heavy (non-hydrogen) atoms. The molecule has 0 spiro atoms. The van der Waals surface area contributed by atoms with Crippen LogP contribution in [0.25, 0.3) is 0 Å². The second kappa shape index (κ2) is 6.98. The van der Waals surface area contributed by atoms with Crippen LogP contribution >= 0.6 is 11.8 Å². The third-order valence-electron chi connectivity index (χ3n) is 3.93. The maximum atomic E-state index is 12.4. The number of thioether (sulfide) groups is 1. The summed E-state index contributed by atoms with van der Waals surface area (Å²) in [5, 5.41) is 11.6. The molecule has 0 unspecified atom stereocenters. The quantitative estimate of drug-likeness (QED) is 0.844. The zero-order valence-corrected chi connectivity index (χ0v) is 13.0. The molecule has 5 heteroatoms. The first-order valence-electron chi connectivity index (χ1n) is 7.19. The molecule has 1 amide bonds. The maximum absolute atomic E-state index is 12.4. The maximum Gasteiger partial charge on any atom is 0.313 e. The van der Waals surface area contributed by atoms with Crippen LogP contribution < -0.4 is 5.32 Å². The molecule has 114 valence electrons. The zero-order chi connectivity index (χ0) is 15.3. The highest BCUT2D eigenvalue weighted by molar-refractivity contribution is 7.99. The van der Waals surface area contributed by atoms with Gasteiger partial charge in [0.25, 0.3) is 0 Å². The number of anilines is 1. The summed E-state index contributed by atoms with van der Waals surface area (Å²) in [7, 11) is 0. The Balaban J connectivity index is 1.94. The van der Waals surface area contributed by atoms with Gasteiger partial charge in [-0.2, -0.15) is 0 Å². The summed E-state index contributed by atoms with van der Waals surface area (Å²) in [4.78, 5) is 22.9. The number of carbonyl (C=O) groups excluding carboxylic acids is 1.